The SMILES string of the molecule is CCNC(c1cccc(OCC)c1)c1ccccc1CC. The highest BCUT2D eigenvalue weighted by Gasteiger charge is 2.16. The number of nitrogens with one attached hydrogen (secondary N) is 1. The maximum absolute atomic E-state index is 5.64. The third kappa shape index (κ3) is 3.85. The van der Waals surface area contributed by atoms with Crippen LogP contribution in [0, 0.1) is 0 Å². The van der Waals surface area contributed by atoms with Gasteiger partial charge in [0, 0.05) is 0 Å². The van der Waals surface area contributed by atoms with Gasteiger partial charge in [-0.25, -0.2) is 0 Å². The van der Waals surface area contributed by atoms with Gasteiger partial charge in [0.15, 0.2) is 0 Å². The lowest BCUT2D eigenvalue weighted by Gasteiger charge is -2.22. The van der Waals surface area contributed by atoms with Gasteiger partial charge in [0.1, 0.15) is 5.75 Å². The molecular formula is C19H25NO. The molecule has 1 atom stereocenters. The van der Waals surface area contributed by atoms with Gasteiger partial charge in [-0.15, -0.1) is 0 Å². The van der Waals surface area contributed by atoms with Gasteiger partial charge in [0.25, 0.3) is 0 Å². The summed E-state index contributed by atoms with van der Waals surface area (Å²) in [6.45, 7) is 8.00. The van der Waals surface area contributed by atoms with Crippen LogP contribution in [0.25, 0.3) is 0 Å². The van der Waals surface area contributed by atoms with Crippen molar-refractivity contribution in [3.05, 3.63) is 65.2 Å². The van der Waals surface area contributed by atoms with E-state index in [4.69, 9.17) is 4.74 Å². The Balaban J connectivity index is 2.40. The number of hydrogen-bond acceptors (Lipinski definition) is 2. The standard InChI is InChI=1S/C19H25NO/c1-4-15-10-7-8-13-18(15)19(20-5-2)16-11-9-12-17(14-16)21-6-3/h7-14,19-20H,4-6H2,1-3H3. The maximum atomic E-state index is 5.64. The highest BCUT2D eigenvalue weighted by molar-refractivity contribution is 5.40. The molecule has 1 N–H and O–H groups in total. The molecule has 0 spiro atoms. The molecule has 2 aromatic carbocycles. The van der Waals surface area contributed by atoms with Gasteiger partial charge in [0.2, 0.25) is 0 Å². The fraction of sp³-hybridized carbons (Fsp3) is 0.368. The van der Waals surface area contributed by atoms with Crippen LogP contribution in [0.3, 0.4) is 0 Å². The molecule has 0 aliphatic heterocycles. The molecule has 1 unspecified atom stereocenters. The van der Waals surface area contributed by atoms with Crippen molar-refractivity contribution in [2.45, 2.75) is 33.2 Å². The smallest absolute Gasteiger partial charge is 0.119 e. The lowest BCUT2D eigenvalue weighted by Crippen LogP contribution is -2.23. The fourth-order valence-electron chi connectivity index (χ4n) is 2.70. The van der Waals surface area contributed by atoms with E-state index in [0.717, 1.165) is 18.7 Å². The number of aryl methyl sites for hydroxylation is 1. The second-order valence-corrected chi connectivity index (χ2v) is 5.05. The molecule has 0 saturated heterocycles. The van der Waals surface area contributed by atoms with E-state index in [1.807, 2.05) is 13.0 Å². The van der Waals surface area contributed by atoms with Crippen LogP contribution in [0.5, 0.6) is 5.75 Å². The van der Waals surface area contributed by atoms with Gasteiger partial charge < -0.3 is 10.1 Å². The first kappa shape index (κ1) is 15.6. The number of hydrogen-bond donors (Lipinski definition) is 1. The Morgan fingerprint density at radius 2 is 1.81 bits per heavy atom. The summed E-state index contributed by atoms with van der Waals surface area (Å²) >= 11 is 0. The molecule has 0 fully saturated rings. The normalized spacial score (nSPS) is 12.1. The van der Waals surface area contributed by atoms with Crippen LogP contribution in [-0.4, -0.2) is 13.2 Å². The predicted molar refractivity (Wildman–Crippen MR) is 89.0 cm³/mol. The molecule has 112 valence electrons. The van der Waals surface area contributed by atoms with Crippen molar-refractivity contribution in [2.24, 2.45) is 0 Å². The van der Waals surface area contributed by atoms with Crippen molar-refractivity contribution in [3.63, 3.8) is 0 Å². The summed E-state index contributed by atoms with van der Waals surface area (Å²) in [5, 5.41) is 3.60. The van der Waals surface area contributed by atoms with Crippen LogP contribution in [0.1, 0.15) is 43.5 Å². The van der Waals surface area contributed by atoms with Crippen molar-refractivity contribution < 1.29 is 4.74 Å². The summed E-state index contributed by atoms with van der Waals surface area (Å²) in [4.78, 5) is 0. The number of ether oxygens (including phenoxy) is 1. The maximum Gasteiger partial charge on any atom is 0.119 e. The Labute approximate surface area is 128 Å². The monoisotopic (exact) mass is 283 g/mol. The lowest BCUT2D eigenvalue weighted by atomic mass is 9.93. The summed E-state index contributed by atoms with van der Waals surface area (Å²) in [5.41, 5.74) is 4.00. The van der Waals surface area contributed by atoms with E-state index >= 15 is 0 Å². The number of benzene rings is 2. The van der Waals surface area contributed by atoms with Gasteiger partial charge in [-0.2, -0.15) is 0 Å². The average molecular weight is 283 g/mol. The predicted octanol–water partition coefficient (Wildman–Crippen LogP) is 4.35. The van der Waals surface area contributed by atoms with Crippen molar-refractivity contribution >= 4 is 0 Å². The Kier molecular flexibility index (Phi) is 5.82. The van der Waals surface area contributed by atoms with E-state index in [1.165, 1.54) is 16.7 Å². The Morgan fingerprint density at radius 1 is 1.00 bits per heavy atom. The van der Waals surface area contributed by atoms with Gasteiger partial charge in [-0.1, -0.05) is 50.2 Å². The minimum Gasteiger partial charge on any atom is -0.494 e. The van der Waals surface area contributed by atoms with Crippen LogP contribution < -0.4 is 10.1 Å². The summed E-state index contributed by atoms with van der Waals surface area (Å²) in [5.74, 6) is 0.937. The molecule has 2 nitrogen and oxygen atoms in total. The molecule has 0 aromatic heterocycles. The van der Waals surface area contributed by atoms with Crippen LogP contribution in [0.2, 0.25) is 0 Å². The first-order valence-electron chi connectivity index (χ1n) is 7.84. The van der Waals surface area contributed by atoms with Crippen molar-refractivity contribution in [2.75, 3.05) is 13.2 Å². The summed E-state index contributed by atoms with van der Waals surface area (Å²) < 4.78 is 5.64. The van der Waals surface area contributed by atoms with Gasteiger partial charge in [-0.05, 0) is 48.7 Å². The fourth-order valence-corrected chi connectivity index (χ4v) is 2.70. The molecular weight excluding hydrogens is 258 g/mol. The average Bonchev–Trinajstić information content (AvgIpc) is 2.53. The van der Waals surface area contributed by atoms with E-state index < -0.39 is 0 Å². The highest BCUT2D eigenvalue weighted by atomic mass is 16.5. The Morgan fingerprint density at radius 3 is 2.52 bits per heavy atom. The van der Waals surface area contributed by atoms with Crippen LogP contribution in [0.4, 0.5) is 0 Å². The molecule has 21 heavy (non-hydrogen) atoms. The summed E-state index contributed by atoms with van der Waals surface area (Å²) in [6.07, 6.45) is 1.04. The molecule has 0 radical (unpaired) electrons. The number of rotatable bonds is 7. The zero-order valence-electron chi connectivity index (χ0n) is 13.2. The van der Waals surface area contributed by atoms with E-state index in [2.05, 4.69) is 61.6 Å². The molecule has 2 rings (SSSR count). The van der Waals surface area contributed by atoms with Gasteiger partial charge in [0.05, 0.1) is 12.6 Å². The van der Waals surface area contributed by atoms with Gasteiger partial charge in [-0.3, -0.25) is 0 Å². The molecule has 0 heterocycles. The van der Waals surface area contributed by atoms with Crippen molar-refractivity contribution in [1.29, 1.82) is 0 Å². The van der Waals surface area contributed by atoms with Crippen molar-refractivity contribution in [1.82, 2.24) is 5.32 Å². The third-order valence-corrected chi connectivity index (χ3v) is 3.66. The first-order chi connectivity index (χ1) is 10.3. The van der Waals surface area contributed by atoms with Gasteiger partial charge >= 0.3 is 0 Å². The lowest BCUT2D eigenvalue weighted by molar-refractivity contribution is 0.339. The second kappa shape index (κ2) is 7.84. The zero-order chi connectivity index (χ0) is 15.1. The largest absolute Gasteiger partial charge is 0.494 e. The Bertz CT molecular complexity index is 565. The first-order valence-corrected chi connectivity index (χ1v) is 7.84. The topological polar surface area (TPSA) is 21.3 Å². The van der Waals surface area contributed by atoms with E-state index in [-0.39, 0.29) is 6.04 Å². The van der Waals surface area contributed by atoms with Crippen LogP contribution in [-0.2, 0) is 6.42 Å². The van der Waals surface area contributed by atoms with E-state index in [9.17, 15) is 0 Å². The zero-order valence-corrected chi connectivity index (χ0v) is 13.2. The molecule has 0 aliphatic carbocycles. The minimum absolute atomic E-state index is 0.214. The van der Waals surface area contributed by atoms with Crippen molar-refractivity contribution in [3.8, 4) is 5.75 Å². The molecule has 2 heteroatoms. The Hall–Kier alpha value is -1.80. The molecule has 0 bridgehead atoms. The van der Waals surface area contributed by atoms with E-state index in [0.29, 0.717) is 6.61 Å². The van der Waals surface area contributed by atoms with Crippen LogP contribution >= 0.6 is 0 Å². The highest BCUT2D eigenvalue weighted by Crippen LogP contribution is 2.28. The van der Waals surface area contributed by atoms with E-state index in [1.54, 1.807) is 0 Å². The molecule has 0 amide bonds. The van der Waals surface area contributed by atoms with Crippen LogP contribution in [0.15, 0.2) is 48.5 Å². The molecule has 2 aromatic rings. The minimum atomic E-state index is 0.214. The quantitative estimate of drug-likeness (QED) is 0.816. The second-order valence-electron chi connectivity index (χ2n) is 5.05. The molecule has 0 aliphatic rings. The molecule has 0 saturated carbocycles. The summed E-state index contributed by atoms with van der Waals surface area (Å²) in [7, 11) is 0. The third-order valence-electron chi connectivity index (χ3n) is 3.66. The summed E-state index contributed by atoms with van der Waals surface area (Å²) in [6, 6.07) is 17.3.